The number of aromatic nitrogens is 1. The summed E-state index contributed by atoms with van der Waals surface area (Å²) in [6.45, 7) is 11.8. The Hall–Kier alpha value is -2.99. The first-order chi connectivity index (χ1) is 15.3. The summed E-state index contributed by atoms with van der Waals surface area (Å²) in [7, 11) is 1.61. The summed E-state index contributed by atoms with van der Waals surface area (Å²) < 4.78 is 21.1. The van der Waals surface area contributed by atoms with Crippen molar-refractivity contribution in [1.29, 1.82) is 0 Å². The molecule has 0 saturated carbocycles. The van der Waals surface area contributed by atoms with E-state index in [1.165, 1.54) is 6.21 Å². The molecule has 32 heavy (non-hydrogen) atoms. The quantitative estimate of drug-likeness (QED) is 0.535. The summed E-state index contributed by atoms with van der Waals surface area (Å²) in [5.41, 5.74) is 3.03. The molecule has 6 heteroatoms. The fourth-order valence-electron chi connectivity index (χ4n) is 4.62. The zero-order chi connectivity index (χ0) is 23.0. The molecule has 5 nitrogen and oxygen atoms in total. The minimum Gasteiger partial charge on any atom is -0.492 e. The number of carbonyl (C=O) groups is 1. The standard InChI is InChI=1S/C26H30FN3O2/c1-6-30(7-2)12-13-32-17-9-11-18-20(14-17)26(3,4)25-21(24(18)31)19-10-8-16(15-28-5)22(27)23(19)29-25/h8-11,14-15,29H,6-7,12-13H2,1-5H3/b28-15-. The van der Waals surface area contributed by atoms with Gasteiger partial charge in [-0.2, -0.15) is 0 Å². The third-order valence-corrected chi connectivity index (χ3v) is 6.54. The van der Waals surface area contributed by atoms with Gasteiger partial charge in [-0.05, 0) is 42.9 Å². The van der Waals surface area contributed by atoms with Crippen LogP contribution in [0, 0.1) is 5.82 Å². The molecule has 0 fully saturated rings. The lowest BCUT2D eigenvalue weighted by atomic mass is 9.71. The highest BCUT2D eigenvalue weighted by Gasteiger charge is 2.40. The van der Waals surface area contributed by atoms with Gasteiger partial charge in [-0.15, -0.1) is 0 Å². The van der Waals surface area contributed by atoms with E-state index in [1.807, 2.05) is 18.2 Å². The molecule has 0 atom stereocenters. The monoisotopic (exact) mass is 435 g/mol. The fraction of sp³-hybridized carbons (Fsp3) is 0.385. The summed E-state index contributed by atoms with van der Waals surface area (Å²) in [5, 5.41) is 0.606. The van der Waals surface area contributed by atoms with Gasteiger partial charge in [0.15, 0.2) is 11.6 Å². The van der Waals surface area contributed by atoms with E-state index in [1.54, 1.807) is 19.2 Å². The third-order valence-electron chi connectivity index (χ3n) is 6.54. The van der Waals surface area contributed by atoms with Crippen LogP contribution in [0.25, 0.3) is 10.9 Å². The van der Waals surface area contributed by atoms with E-state index in [2.05, 4.69) is 42.6 Å². The summed E-state index contributed by atoms with van der Waals surface area (Å²) >= 11 is 0. The lowest BCUT2D eigenvalue weighted by molar-refractivity contribution is 0.103. The molecular weight excluding hydrogens is 405 g/mol. The zero-order valence-corrected chi connectivity index (χ0v) is 19.4. The predicted molar refractivity (Wildman–Crippen MR) is 127 cm³/mol. The predicted octanol–water partition coefficient (Wildman–Crippen LogP) is 4.95. The SMILES string of the molecule is CCN(CC)CCOc1ccc2c(c1)C(C)(C)c1[nH]c3c(F)c(/C=N\C)ccc3c1C2=O. The highest BCUT2D eigenvalue weighted by molar-refractivity contribution is 6.20. The molecule has 1 N–H and O–H groups in total. The summed E-state index contributed by atoms with van der Waals surface area (Å²) in [6.07, 6.45) is 1.48. The number of hydrogen-bond donors (Lipinski definition) is 1. The van der Waals surface area contributed by atoms with Crippen LogP contribution >= 0.6 is 0 Å². The Morgan fingerprint density at radius 1 is 1.19 bits per heavy atom. The molecule has 168 valence electrons. The molecule has 3 aromatic rings. The summed E-state index contributed by atoms with van der Waals surface area (Å²) in [4.78, 5) is 22.9. The first kappa shape index (κ1) is 22.2. The molecule has 1 aromatic heterocycles. The van der Waals surface area contributed by atoms with E-state index >= 15 is 4.39 Å². The first-order valence-electron chi connectivity index (χ1n) is 11.1. The van der Waals surface area contributed by atoms with Crippen LogP contribution in [-0.2, 0) is 5.41 Å². The van der Waals surface area contributed by atoms with Gasteiger partial charge in [0.1, 0.15) is 12.4 Å². The van der Waals surface area contributed by atoms with E-state index in [0.717, 1.165) is 36.6 Å². The van der Waals surface area contributed by atoms with Gasteiger partial charge in [0.25, 0.3) is 0 Å². The van der Waals surface area contributed by atoms with Crippen LogP contribution in [0.4, 0.5) is 4.39 Å². The smallest absolute Gasteiger partial charge is 0.195 e. The van der Waals surface area contributed by atoms with Crippen LogP contribution in [0.15, 0.2) is 35.3 Å². The van der Waals surface area contributed by atoms with Crippen molar-refractivity contribution in [1.82, 2.24) is 9.88 Å². The van der Waals surface area contributed by atoms with Crippen molar-refractivity contribution in [3.63, 3.8) is 0 Å². The van der Waals surface area contributed by atoms with Gasteiger partial charge in [-0.25, -0.2) is 4.39 Å². The largest absolute Gasteiger partial charge is 0.492 e. The normalized spacial score (nSPS) is 14.9. The maximum Gasteiger partial charge on any atom is 0.195 e. The number of nitrogens with zero attached hydrogens (tertiary/aromatic N) is 2. The molecule has 1 aliphatic carbocycles. The third kappa shape index (κ3) is 3.52. The number of halogens is 1. The fourth-order valence-corrected chi connectivity index (χ4v) is 4.62. The minimum atomic E-state index is -0.513. The topological polar surface area (TPSA) is 57.7 Å². The number of likely N-dealkylation sites (N-methyl/N-ethyl adjacent to an activating group) is 1. The molecule has 0 saturated heterocycles. The summed E-state index contributed by atoms with van der Waals surface area (Å²) in [6, 6.07) is 9.11. The Kier molecular flexibility index (Phi) is 5.91. The Bertz CT molecular complexity index is 1210. The maximum absolute atomic E-state index is 15.1. The van der Waals surface area contributed by atoms with Crippen LogP contribution < -0.4 is 4.74 Å². The van der Waals surface area contributed by atoms with Gasteiger partial charge < -0.3 is 14.6 Å². The maximum atomic E-state index is 15.1. The Labute approximate surface area is 188 Å². The molecule has 0 bridgehead atoms. The number of ketones is 1. The Balaban J connectivity index is 1.74. The lowest BCUT2D eigenvalue weighted by Crippen LogP contribution is -2.30. The van der Waals surface area contributed by atoms with E-state index in [4.69, 9.17) is 4.74 Å². The highest BCUT2D eigenvalue weighted by Crippen LogP contribution is 2.45. The number of H-pyrrole nitrogens is 1. The van der Waals surface area contributed by atoms with E-state index in [0.29, 0.717) is 34.2 Å². The number of hydrogen-bond acceptors (Lipinski definition) is 4. The van der Waals surface area contributed by atoms with Crippen LogP contribution in [-0.4, -0.2) is 55.2 Å². The van der Waals surface area contributed by atoms with Gasteiger partial charge in [-0.1, -0.05) is 33.8 Å². The second-order valence-corrected chi connectivity index (χ2v) is 8.69. The lowest BCUT2D eigenvalue weighted by Gasteiger charge is -2.32. The number of carbonyl (C=O) groups excluding carboxylic acids is 1. The van der Waals surface area contributed by atoms with Gasteiger partial charge in [0, 0.05) is 47.4 Å². The second-order valence-electron chi connectivity index (χ2n) is 8.69. The number of ether oxygens (including phenoxy) is 1. The number of nitrogens with one attached hydrogen (secondary N) is 1. The van der Waals surface area contributed by atoms with Crippen molar-refractivity contribution < 1.29 is 13.9 Å². The molecule has 0 aliphatic heterocycles. The second kappa shape index (κ2) is 8.51. The highest BCUT2D eigenvalue weighted by atomic mass is 19.1. The van der Waals surface area contributed by atoms with Gasteiger partial charge in [-0.3, -0.25) is 9.79 Å². The molecule has 4 rings (SSSR count). The van der Waals surface area contributed by atoms with Crippen LogP contribution in [0.1, 0.15) is 60.4 Å². The van der Waals surface area contributed by atoms with Crippen molar-refractivity contribution in [3.05, 3.63) is 64.1 Å². The van der Waals surface area contributed by atoms with Crippen LogP contribution in [0.2, 0.25) is 0 Å². The van der Waals surface area contributed by atoms with Crippen molar-refractivity contribution in [2.75, 3.05) is 33.3 Å². The number of fused-ring (bicyclic) bond motifs is 4. The van der Waals surface area contributed by atoms with E-state index < -0.39 is 11.2 Å². The van der Waals surface area contributed by atoms with Gasteiger partial charge in [0.05, 0.1) is 11.1 Å². The van der Waals surface area contributed by atoms with Crippen LogP contribution in [0.3, 0.4) is 0 Å². The first-order valence-corrected chi connectivity index (χ1v) is 11.1. The van der Waals surface area contributed by atoms with Crippen molar-refractivity contribution in [2.45, 2.75) is 33.1 Å². The minimum absolute atomic E-state index is 0.0911. The molecule has 1 heterocycles. The van der Waals surface area contributed by atoms with Gasteiger partial charge >= 0.3 is 0 Å². The van der Waals surface area contributed by atoms with Crippen molar-refractivity contribution in [2.24, 2.45) is 4.99 Å². The zero-order valence-electron chi connectivity index (χ0n) is 19.4. The molecule has 0 amide bonds. The Morgan fingerprint density at radius 3 is 2.62 bits per heavy atom. The molecule has 0 unspecified atom stereocenters. The number of aliphatic imine (C=N–C) groups is 1. The molecule has 2 aromatic carbocycles. The molecule has 0 radical (unpaired) electrons. The summed E-state index contributed by atoms with van der Waals surface area (Å²) in [5.74, 6) is 0.256. The molecule has 1 aliphatic rings. The Morgan fingerprint density at radius 2 is 1.94 bits per heavy atom. The number of aromatic amines is 1. The average molecular weight is 436 g/mol. The van der Waals surface area contributed by atoms with E-state index in [-0.39, 0.29) is 5.78 Å². The number of benzene rings is 2. The van der Waals surface area contributed by atoms with Crippen molar-refractivity contribution in [3.8, 4) is 5.75 Å². The van der Waals surface area contributed by atoms with Crippen LogP contribution in [0.5, 0.6) is 5.75 Å². The average Bonchev–Trinajstić information content (AvgIpc) is 3.19. The van der Waals surface area contributed by atoms with Gasteiger partial charge in [0.2, 0.25) is 0 Å². The molecule has 0 spiro atoms. The molecular formula is C26H30FN3O2. The van der Waals surface area contributed by atoms with E-state index in [9.17, 15) is 4.79 Å². The number of rotatable bonds is 7. The van der Waals surface area contributed by atoms with Crippen molar-refractivity contribution >= 4 is 22.9 Å².